The molecule has 1 aliphatic rings. The quantitative estimate of drug-likeness (QED) is 0.356. The molecule has 3 aromatic rings. The first kappa shape index (κ1) is 26.5. The molecule has 1 atom stereocenters. The van der Waals surface area contributed by atoms with Crippen LogP contribution in [-0.4, -0.2) is 64.3 Å². The Morgan fingerprint density at radius 2 is 1.72 bits per heavy atom. The van der Waals surface area contributed by atoms with Gasteiger partial charge in [-0.15, -0.1) is 0 Å². The zero-order valence-corrected chi connectivity index (χ0v) is 23.1. The Morgan fingerprint density at radius 1 is 1.03 bits per heavy atom. The second-order valence-corrected chi connectivity index (χ2v) is 10.2. The average molecular weight is 529 g/mol. The summed E-state index contributed by atoms with van der Waals surface area (Å²) < 4.78 is 2.05. The van der Waals surface area contributed by atoms with Gasteiger partial charge in [0.05, 0.1) is 28.0 Å². The first-order valence-electron chi connectivity index (χ1n) is 12.7. The molecule has 0 N–H and O–H groups in total. The van der Waals surface area contributed by atoms with Gasteiger partial charge in [0.2, 0.25) is 0 Å². The fraction of sp³-hybridized carbons (Fsp3) is 0.429. The molecule has 0 saturated carbocycles. The second kappa shape index (κ2) is 11.7. The minimum Gasteiger partial charge on any atom is -0.354 e. The summed E-state index contributed by atoms with van der Waals surface area (Å²) in [5.74, 6) is 1.02. The van der Waals surface area contributed by atoms with E-state index in [0.29, 0.717) is 22.2 Å². The van der Waals surface area contributed by atoms with Gasteiger partial charge in [0.15, 0.2) is 0 Å². The van der Waals surface area contributed by atoms with Crippen LogP contribution in [0, 0.1) is 6.92 Å². The van der Waals surface area contributed by atoms with Crippen molar-refractivity contribution in [3.8, 4) is 5.69 Å². The zero-order valence-electron chi connectivity index (χ0n) is 21.5. The molecule has 0 aliphatic carbocycles. The summed E-state index contributed by atoms with van der Waals surface area (Å²) in [7, 11) is 0. The third kappa shape index (κ3) is 5.56. The molecule has 0 radical (unpaired) electrons. The van der Waals surface area contributed by atoms with E-state index in [1.54, 1.807) is 18.2 Å². The Hall–Kier alpha value is -2.54. The molecular weight excluding hydrogens is 493 g/mol. The van der Waals surface area contributed by atoms with Crippen LogP contribution in [0.15, 0.2) is 48.5 Å². The molecule has 1 aromatic heterocycles. The van der Waals surface area contributed by atoms with E-state index in [2.05, 4.69) is 42.7 Å². The van der Waals surface area contributed by atoms with E-state index < -0.39 is 0 Å². The maximum Gasteiger partial charge on any atom is 0.254 e. The fourth-order valence-electron chi connectivity index (χ4n) is 4.70. The van der Waals surface area contributed by atoms with Gasteiger partial charge >= 0.3 is 0 Å². The molecule has 2 heterocycles. The lowest BCUT2D eigenvalue weighted by molar-refractivity contribution is 0.0671. The summed E-state index contributed by atoms with van der Waals surface area (Å²) in [6.07, 6.45) is 0.837. The number of piperazine rings is 1. The van der Waals surface area contributed by atoms with Crippen molar-refractivity contribution in [2.45, 2.75) is 46.7 Å². The number of hydrogen-bond acceptors (Lipinski definition) is 4. The highest BCUT2D eigenvalue weighted by molar-refractivity contribution is 6.42. The third-order valence-corrected chi connectivity index (χ3v) is 7.89. The highest BCUT2D eigenvalue weighted by Gasteiger charge is 2.29. The number of aromatic nitrogens is 2. The molecule has 0 bridgehead atoms. The number of para-hydroxylation sites is 1. The van der Waals surface area contributed by atoms with Crippen molar-refractivity contribution in [3.05, 3.63) is 75.4 Å². The predicted octanol–water partition coefficient (Wildman–Crippen LogP) is 6.07. The number of rotatable bonds is 8. The number of halogens is 2. The molecule has 0 unspecified atom stereocenters. The van der Waals surface area contributed by atoms with Crippen molar-refractivity contribution in [2.24, 2.45) is 0 Å². The fourth-order valence-corrected chi connectivity index (χ4v) is 4.99. The summed E-state index contributed by atoms with van der Waals surface area (Å²) in [5.41, 5.74) is 3.57. The normalized spacial score (nSPS) is 15.2. The first-order chi connectivity index (χ1) is 17.3. The van der Waals surface area contributed by atoms with E-state index >= 15 is 0 Å². The Balaban J connectivity index is 1.75. The maximum absolute atomic E-state index is 13.7. The number of carbonyl (C=O) groups is 1. The van der Waals surface area contributed by atoms with Crippen LogP contribution < -0.4 is 4.90 Å². The summed E-state index contributed by atoms with van der Waals surface area (Å²) in [4.78, 5) is 20.6. The Bertz CT molecular complexity index is 1190. The lowest BCUT2D eigenvalue weighted by atomic mass is 10.1. The summed E-state index contributed by atoms with van der Waals surface area (Å²) in [6, 6.07) is 15.4. The van der Waals surface area contributed by atoms with Gasteiger partial charge in [-0.05, 0) is 57.1 Å². The molecule has 1 aliphatic heterocycles. The van der Waals surface area contributed by atoms with E-state index in [1.165, 1.54) is 0 Å². The molecule has 4 rings (SSSR count). The van der Waals surface area contributed by atoms with E-state index in [9.17, 15) is 4.79 Å². The van der Waals surface area contributed by atoms with Crippen LogP contribution in [0.5, 0.6) is 0 Å². The standard InChI is InChI=1S/C28H35Cl2N5O/c1-5-20(3)34(28(36)22-12-13-25(29)26(30)18-22)19-24-21(4)31-35(23-10-8-7-9-11-23)27(24)33-16-14-32(6-2)15-17-33/h7-13,18,20H,5-6,14-17,19H2,1-4H3/t20-/m1/s1. The number of amides is 1. The summed E-state index contributed by atoms with van der Waals surface area (Å²) in [6.45, 7) is 13.8. The van der Waals surface area contributed by atoms with Crippen LogP contribution in [0.1, 0.15) is 48.8 Å². The van der Waals surface area contributed by atoms with Gasteiger partial charge in [-0.25, -0.2) is 4.68 Å². The van der Waals surface area contributed by atoms with Crippen LogP contribution in [0.2, 0.25) is 10.0 Å². The third-order valence-electron chi connectivity index (χ3n) is 7.16. The van der Waals surface area contributed by atoms with Gasteiger partial charge in [0.1, 0.15) is 5.82 Å². The van der Waals surface area contributed by atoms with Gasteiger partial charge in [0.25, 0.3) is 5.91 Å². The lowest BCUT2D eigenvalue weighted by Gasteiger charge is -2.37. The van der Waals surface area contributed by atoms with Gasteiger partial charge in [-0.2, -0.15) is 5.10 Å². The number of carbonyl (C=O) groups excluding carboxylic acids is 1. The van der Waals surface area contributed by atoms with Gasteiger partial charge in [-0.3, -0.25) is 4.79 Å². The molecule has 6 nitrogen and oxygen atoms in total. The molecular formula is C28H35Cl2N5O. The molecule has 1 fully saturated rings. The van der Waals surface area contributed by atoms with Crippen molar-refractivity contribution >= 4 is 34.9 Å². The molecule has 2 aromatic carbocycles. The summed E-state index contributed by atoms with van der Waals surface area (Å²) >= 11 is 12.4. The minimum atomic E-state index is -0.0588. The van der Waals surface area contributed by atoms with Gasteiger partial charge in [-0.1, -0.05) is 55.2 Å². The number of hydrogen-bond donors (Lipinski definition) is 0. The van der Waals surface area contributed by atoms with Crippen LogP contribution >= 0.6 is 23.2 Å². The maximum atomic E-state index is 13.7. The van der Waals surface area contributed by atoms with Crippen LogP contribution in [0.25, 0.3) is 5.69 Å². The number of nitrogens with zero attached hydrogens (tertiary/aromatic N) is 5. The Kier molecular flexibility index (Phi) is 8.60. The van der Waals surface area contributed by atoms with Crippen molar-refractivity contribution < 1.29 is 4.79 Å². The first-order valence-corrected chi connectivity index (χ1v) is 13.5. The average Bonchev–Trinajstić information content (AvgIpc) is 3.24. The van der Waals surface area contributed by atoms with E-state index in [4.69, 9.17) is 28.3 Å². The van der Waals surface area contributed by atoms with E-state index in [0.717, 1.165) is 61.9 Å². The SMILES string of the molecule is CC[C@@H](C)N(Cc1c(C)nn(-c2ccccc2)c1N1CCN(CC)CC1)C(=O)c1ccc(Cl)c(Cl)c1. The summed E-state index contributed by atoms with van der Waals surface area (Å²) in [5, 5.41) is 5.80. The minimum absolute atomic E-state index is 0.0382. The number of benzene rings is 2. The molecule has 1 saturated heterocycles. The van der Waals surface area contributed by atoms with Crippen molar-refractivity contribution in [3.63, 3.8) is 0 Å². The van der Waals surface area contributed by atoms with Crippen molar-refractivity contribution in [1.29, 1.82) is 0 Å². The highest BCUT2D eigenvalue weighted by Crippen LogP contribution is 2.31. The zero-order chi connectivity index (χ0) is 25.8. The molecule has 8 heteroatoms. The largest absolute Gasteiger partial charge is 0.354 e. The van der Waals surface area contributed by atoms with Crippen LogP contribution in [0.3, 0.4) is 0 Å². The Morgan fingerprint density at radius 3 is 2.33 bits per heavy atom. The topological polar surface area (TPSA) is 44.6 Å². The van der Waals surface area contributed by atoms with Crippen molar-refractivity contribution in [2.75, 3.05) is 37.6 Å². The van der Waals surface area contributed by atoms with Gasteiger partial charge in [0, 0.05) is 43.3 Å². The second-order valence-electron chi connectivity index (χ2n) is 9.38. The van der Waals surface area contributed by atoms with Gasteiger partial charge < -0.3 is 14.7 Å². The molecule has 0 spiro atoms. The van der Waals surface area contributed by atoms with E-state index in [-0.39, 0.29) is 11.9 Å². The van der Waals surface area contributed by atoms with Crippen LogP contribution in [0.4, 0.5) is 5.82 Å². The molecule has 36 heavy (non-hydrogen) atoms. The smallest absolute Gasteiger partial charge is 0.254 e. The lowest BCUT2D eigenvalue weighted by Crippen LogP contribution is -2.47. The monoisotopic (exact) mass is 527 g/mol. The molecule has 192 valence electrons. The van der Waals surface area contributed by atoms with E-state index in [1.807, 2.05) is 34.7 Å². The predicted molar refractivity (Wildman–Crippen MR) is 149 cm³/mol. The van der Waals surface area contributed by atoms with Crippen molar-refractivity contribution in [1.82, 2.24) is 19.6 Å². The Labute approximate surface area is 224 Å². The number of anilines is 1. The highest BCUT2D eigenvalue weighted by atomic mass is 35.5. The number of aryl methyl sites for hydroxylation is 1. The number of likely N-dealkylation sites (N-methyl/N-ethyl adjacent to an activating group) is 1. The molecule has 1 amide bonds. The van der Waals surface area contributed by atoms with Crippen LogP contribution in [-0.2, 0) is 6.54 Å².